The van der Waals surface area contributed by atoms with E-state index in [1.54, 1.807) is 12.1 Å². The molecule has 0 bridgehead atoms. The minimum Gasteiger partial charge on any atom is -0.484 e. The average Bonchev–Trinajstić information content (AvgIpc) is 2.70. The van der Waals surface area contributed by atoms with Gasteiger partial charge in [-0.2, -0.15) is 0 Å². The minimum atomic E-state index is -0.573. The van der Waals surface area contributed by atoms with Crippen molar-refractivity contribution in [2.45, 2.75) is 6.61 Å². The first-order valence-electron chi connectivity index (χ1n) is 8.44. The zero-order valence-electron chi connectivity index (χ0n) is 14.5. The number of nitrogens with zero attached hydrogens (tertiary/aromatic N) is 2. The highest BCUT2D eigenvalue weighted by Gasteiger charge is 2.14. The van der Waals surface area contributed by atoms with E-state index in [0.717, 1.165) is 5.56 Å². The monoisotopic (exact) mass is 397 g/mol. The number of anilines is 2. The van der Waals surface area contributed by atoms with Crippen molar-refractivity contribution in [1.29, 1.82) is 0 Å². The maximum atomic E-state index is 14.4. The van der Waals surface area contributed by atoms with Crippen molar-refractivity contribution in [3.8, 4) is 5.75 Å². The maximum Gasteiger partial charge on any atom is 0.178 e. The van der Waals surface area contributed by atoms with E-state index < -0.39 is 11.6 Å². The second-order valence-electron chi connectivity index (χ2n) is 6.02. The van der Waals surface area contributed by atoms with E-state index in [1.165, 1.54) is 24.5 Å². The van der Waals surface area contributed by atoms with Crippen molar-refractivity contribution in [3.63, 3.8) is 0 Å². The maximum absolute atomic E-state index is 14.4. The van der Waals surface area contributed by atoms with Crippen LogP contribution in [0.1, 0.15) is 5.56 Å². The highest BCUT2D eigenvalue weighted by atomic mass is 35.5. The summed E-state index contributed by atoms with van der Waals surface area (Å²) in [7, 11) is 0. The molecular formula is C21H14ClF2N3O. The van der Waals surface area contributed by atoms with E-state index in [0.29, 0.717) is 22.4 Å². The molecule has 28 heavy (non-hydrogen) atoms. The largest absolute Gasteiger partial charge is 0.484 e. The molecule has 0 unspecified atom stereocenters. The van der Waals surface area contributed by atoms with Crippen LogP contribution in [0.25, 0.3) is 10.9 Å². The molecule has 0 amide bonds. The van der Waals surface area contributed by atoms with Gasteiger partial charge in [0.2, 0.25) is 0 Å². The third-order valence-corrected chi connectivity index (χ3v) is 4.41. The van der Waals surface area contributed by atoms with Crippen LogP contribution < -0.4 is 10.1 Å². The summed E-state index contributed by atoms with van der Waals surface area (Å²) in [5, 5.41) is 3.50. The third-order valence-electron chi connectivity index (χ3n) is 4.12. The van der Waals surface area contributed by atoms with Crippen LogP contribution in [0.3, 0.4) is 0 Å². The molecule has 0 aliphatic carbocycles. The Labute approximate surface area is 164 Å². The van der Waals surface area contributed by atoms with E-state index in [9.17, 15) is 8.78 Å². The first-order chi connectivity index (χ1) is 13.6. The van der Waals surface area contributed by atoms with Crippen LogP contribution in [0.4, 0.5) is 20.3 Å². The van der Waals surface area contributed by atoms with Crippen molar-refractivity contribution in [2.24, 2.45) is 0 Å². The summed E-state index contributed by atoms with van der Waals surface area (Å²) in [6.07, 6.45) is 1.29. The number of aromatic nitrogens is 2. The predicted octanol–water partition coefficient (Wildman–Crippen LogP) is 5.88. The van der Waals surface area contributed by atoms with E-state index in [2.05, 4.69) is 15.3 Å². The molecule has 0 saturated carbocycles. The molecule has 0 aliphatic heterocycles. The molecule has 4 rings (SSSR count). The summed E-state index contributed by atoms with van der Waals surface area (Å²) >= 11 is 5.89. The van der Waals surface area contributed by atoms with Crippen molar-refractivity contribution >= 4 is 34.0 Å². The van der Waals surface area contributed by atoms with Crippen molar-refractivity contribution in [2.75, 3.05) is 5.32 Å². The molecule has 0 spiro atoms. The van der Waals surface area contributed by atoms with Gasteiger partial charge in [0.1, 0.15) is 24.6 Å². The van der Waals surface area contributed by atoms with E-state index in [1.807, 2.05) is 30.3 Å². The molecule has 0 fully saturated rings. The van der Waals surface area contributed by atoms with Crippen molar-refractivity contribution < 1.29 is 13.5 Å². The van der Waals surface area contributed by atoms with Gasteiger partial charge in [-0.05, 0) is 23.8 Å². The highest BCUT2D eigenvalue weighted by Crippen LogP contribution is 2.33. The zero-order chi connectivity index (χ0) is 19.5. The number of rotatable bonds is 5. The lowest BCUT2D eigenvalue weighted by Gasteiger charge is -2.15. The first-order valence-corrected chi connectivity index (χ1v) is 8.81. The third kappa shape index (κ3) is 3.73. The lowest BCUT2D eigenvalue weighted by atomic mass is 10.2. The van der Waals surface area contributed by atoms with Gasteiger partial charge < -0.3 is 10.1 Å². The summed E-state index contributed by atoms with van der Waals surface area (Å²) in [4.78, 5) is 8.23. The molecule has 1 heterocycles. The van der Waals surface area contributed by atoms with E-state index >= 15 is 0 Å². The van der Waals surface area contributed by atoms with E-state index in [-0.39, 0.29) is 17.4 Å². The van der Waals surface area contributed by atoms with Crippen LogP contribution in [0, 0.1) is 11.6 Å². The fourth-order valence-corrected chi connectivity index (χ4v) is 2.93. The number of para-hydroxylation sites is 1. The lowest BCUT2D eigenvalue weighted by Crippen LogP contribution is -2.03. The number of hydrogen-bond acceptors (Lipinski definition) is 4. The van der Waals surface area contributed by atoms with Crippen LogP contribution in [-0.2, 0) is 6.61 Å². The summed E-state index contributed by atoms with van der Waals surface area (Å²) < 4.78 is 33.8. The van der Waals surface area contributed by atoms with Gasteiger partial charge in [-0.25, -0.2) is 18.7 Å². The number of nitrogens with one attached hydrogen (secondary N) is 1. The van der Waals surface area contributed by atoms with Crippen LogP contribution in [0.5, 0.6) is 5.75 Å². The molecule has 7 heteroatoms. The second-order valence-corrected chi connectivity index (χ2v) is 6.43. The summed E-state index contributed by atoms with van der Waals surface area (Å²) in [6.45, 7) is 0.206. The Balaban J connectivity index is 1.68. The van der Waals surface area contributed by atoms with Gasteiger partial charge in [0.15, 0.2) is 11.6 Å². The van der Waals surface area contributed by atoms with Gasteiger partial charge in [0, 0.05) is 11.5 Å². The van der Waals surface area contributed by atoms with Crippen LogP contribution >= 0.6 is 11.6 Å². The standard InChI is InChI=1S/C21H14ClF2N3O/c22-15-9-14-19(10-17(15)24)25-12-26-21(14)27-18-8-4-7-16(23)20(18)28-11-13-5-2-1-3-6-13/h1-10,12H,11H2,(H,25,26,27). The lowest BCUT2D eigenvalue weighted by molar-refractivity contribution is 0.292. The van der Waals surface area contributed by atoms with Gasteiger partial charge >= 0.3 is 0 Å². The fourth-order valence-electron chi connectivity index (χ4n) is 2.76. The fraction of sp³-hybridized carbons (Fsp3) is 0.0476. The molecule has 0 aliphatic rings. The Morgan fingerprint density at radius 1 is 0.929 bits per heavy atom. The summed E-state index contributed by atoms with van der Waals surface area (Å²) in [5.41, 5.74) is 1.67. The van der Waals surface area contributed by atoms with Gasteiger partial charge in [-0.3, -0.25) is 0 Å². The quantitative estimate of drug-likeness (QED) is 0.456. The summed E-state index contributed by atoms with van der Waals surface area (Å²) in [6, 6.07) is 16.6. The Morgan fingerprint density at radius 2 is 1.75 bits per heavy atom. The van der Waals surface area contributed by atoms with Crippen molar-refractivity contribution in [1.82, 2.24) is 9.97 Å². The Kier molecular flexibility index (Phi) is 5.04. The molecule has 0 saturated heterocycles. The molecule has 1 aromatic heterocycles. The minimum absolute atomic E-state index is 0.0508. The topological polar surface area (TPSA) is 47.0 Å². The van der Waals surface area contributed by atoms with Gasteiger partial charge in [0.25, 0.3) is 0 Å². The van der Waals surface area contributed by atoms with Gasteiger partial charge in [-0.1, -0.05) is 48.0 Å². The second kappa shape index (κ2) is 7.78. The molecule has 4 nitrogen and oxygen atoms in total. The Bertz CT molecular complexity index is 1140. The number of hydrogen-bond donors (Lipinski definition) is 1. The highest BCUT2D eigenvalue weighted by molar-refractivity contribution is 6.31. The molecule has 0 atom stereocenters. The Morgan fingerprint density at radius 3 is 2.57 bits per heavy atom. The average molecular weight is 398 g/mol. The molecule has 0 radical (unpaired) electrons. The Hall–Kier alpha value is -3.25. The number of ether oxygens (including phenoxy) is 1. The molecular weight excluding hydrogens is 384 g/mol. The molecule has 1 N–H and O–H groups in total. The predicted molar refractivity (Wildman–Crippen MR) is 105 cm³/mol. The van der Waals surface area contributed by atoms with Gasteiger partial charge in [0.05, 0.1) is 16.2 Å². The molecule has 140 valence electrons. The van der Waals surface area contributed by atoms with Crippen molar-refractivity contribution in [3.05, 3.63) is 89.2 Å². The summed E-state index contributed by atoms with van der Waals surface area (Å²) in [5.74, 6) is -0.659. The number of fused-ring (bicyclic) bond motifs is 1. The molecule has 4 aromatic rings. The normalized spacial score (nSPS) is 10.8. The van der Waals surface area contributed by atoms with Crippen LogP contribution in [-0.4, -0.2) is 9.97 Å². The van der Waals surface area contributed by atoms with E-state index in [4.69, 9.17) is 16.3 Å². The number of benzene rings is 3. The molecule has 3 aromatic carbocycles. The zero-order valence-corrected chi connectivity index (χ0v) is 15.3. The van der Waals surface area contributed by atoms with Crippen LogP contribution in [0.15, 0.2) is 67.0 Å². The number of halogens is 3. The van der Waals surface area contributed by atoms with Gasteiger partial charge in [-0.15, -0.1) is 0 Å². The first kappa shape index (κ1) is 18.1. The van der Waals surface area contributed by atoms with Crippen LogP contribution in [0.2, 0.25) is 5.02 Å². The SMILES string of the molecule is Fc1cc2ncnc(Nc3cccc(F)c3OCc3ccccc3)c2cc1Cl. The smallest absolute Gasteiger partial charge is 0.178 e.